The number of amides is 1. The van der Waals surface area contributed by atoms with Crippen LogP contribution in [0.25, 0.3) is 0 Å². The van der Waals surface area contributed by atoms with E-state index in [0.717, 1.165) is 25.0 Å². The van der Waals surface area contributed by atoms with E-state index in [-0.39, 0.29) is 24.0 Å². The molecule has 1 N–H and O–H groups in total. The van der Waals surface area contributed by atoms with Crippen LogP contribution in [0.15, 0.2) is 24.3 Å². The fourth-order valence-electron chi connectivity index (χ4n) is 2.63. The molecule has 0 radical (unpaired) electrons. The molecular formula is C19H26N2O3. The number of nitriles is 1. The second-order valence-electron chi connectivity index (χ2n) is 7.15. The summed E-state index contributed by atoms with van der Waals surface area (Å²) in [6.45, 7) is 7.54. The molecule has 5 nitrogen and oxygen atoms in total. The molecule has 1 saturated heterocycles. The zero-order valence-electron chi connectivity index (χ0n) is 14.7. The number of benzene rings is 1. The van der Waals surface area contributed by atoms with Crippen molar-refractivity contribution in [1.29, 1.82) is 5.26 Å². The highest BCUT2D eigenvalue weighted by molar-refractivity contribution is 5.78. The first-order chi connectivity index (χ1) is 11.4. The summed E-state index contributed by atoms with van der Waals surface area (Å²) in [7, 11) is 0. The number of carbonyl (C=O) groups is 1. The van der Waals surface area contributed by atoms with Crippen molar-refractivity contribution in [2.24, 2.45) is 0 Å². The molecule has 1 aliphatic rings. The molecule has 1 aromatic carbocycles. The van der Waals surface area contributed by atoms with Gasteiger partial charge < -0.3 is 14.8 Å². The first kappa shape index (κ1) is 18.4. The highest BCUT2D eigenvalue weighted by Gasteiger charge is 2.19. The summed E-state index contributed by atoms with van der Waals surface area (Å²) in [4.78, 5) is 12.0. The number of rotatable bonds is 6. The Morgan fingerprint density at radius 2 is 2.12 bits per heavy atom. The fourth-order valence-corrected chi connectivity index (χ4v) is 2.63. The average molecular weight is 330 g/mol. The van der Waals surface area contributed by atoms with Gasteiger partial charge in [-0.1, -0.05) is 45.0 Å². The van der Waals surface area contributed by atoms with Gasteiger partial charge >= 0.3 is 0 Å². The highest BCUT2D eigenvalue weighted by atomic mass is 16.5. The van der Waals surface area contributed by atoms with Crippen molar-refractivity contribution in [3.8, 4) is 6.07 Å². The summed E-state index contributed by atoms with van der Waals surface area (Å²) >= 11 is 0. The van der Waals surface area contributed by atoms with Gasteiger partial charge in [-0.2, -0.15) is 5.26 Å². The number of hydrogen-bond acceptors (Lipinski definition) is 4. The van der Waals surface area contributed by atoms with Crippen LogP contribution in [0.4, 0.5) is 0 Å². The van der Waals surface area contributed by atoms with Gasteiger partial charge in [0.05, 0.1) is 18.8 Å². The topological polar surface area (TPSA) is 71.4 Å². The molecule has 2 rings (SSSR count). The summed E-state index contributed by atoms with van der Waals surface area (Å²) < 4.78 is 10.8. The monoisotopic (exact) mass is 330 g/mol. The lowest BCUT2D eigenvalue weighted by Crippen LogP contribution is -2.32. The molecule has 1 aromatic rings. The van der Waals surface area contributed by atoms with Crippen molar-refractivity contribution < 1.29 is 14.3 Å². The van der Waals surface area contributed by atoms with Gasteiger partial charge in [-0.05, 0) is 29.4 Å². The molecule has 130 valence electrons. The Balaban J connectivity index is 1.84. The quantitative estimate of drug-likeness (QED) is 0.870. The lowest BCUT2D eigenvalue weighted by atomic mass is 9.86. The predicted molar refractivity (Wildman–Crippen MR) is 91.4 cm³/mol. The predicted octanol–water partition coefficient (Wildman–Crippen LogP) is 2.86. The normalized spacial score (nSPS) is 18.8. The summed E-state index contributed by atoms with van der Waals surface area (Å²) in [6, 6.07) is 9.24. The van der Waals surface area contributed by atoms with Crippen molar-refractivity contribution in [2.75, 3.05) is 19.8 Å². The third kappa shape index (κ3) is 5.33. The molecule has 0 aromatic heterocycles. The van der Waals surface area contributed by atoms with Crippen LogP contribution in [0.2, 0.25) is 0 Å². The van der Waals surface area contributed by atoms with E-state index in [0.29, 0.717) is 6.61 Å². The van der Waals surface area contributed by atoms with Crippen LogP contribution in [0.5, 0.6) is 0 Å². The van der Waals surface area contributed by atoms with Crippen LogP contribution in [-0.4, -0.2) is 31.8 Å². The molecule has 0 spiro atoms. The zero-order valence-corrected chi connectivity index (χ0v) is 14.7. The van der Waals surface area contributed by atoms with Crippen LogP contribution in [0.1, 0.15) is 50.8 Å². The molecule has 24 heavy (non-hydrogen) atoms. The molecular weight excluding hydrogens is 304 g/mol. The molecule has 0 saturated carbocycles. The first-order valence-electron chi connectivity index (χ1n) is 8.39. The third-order valence-electron chi connectivity index (χ3n) is 4.11. The van der Waals surface area contributed by atoms with E-state index in [4.69, 9.17) is 9.47 Å². The summed E-state index contributed by atoms with van der Waals surface area (Å²) in [6.07, 6.45) is 2.11. The average Bonchev–Trinajstić information content (AvgIpc) is 3.05. The van der Waals surface area contributed by atoms with E-state index in [1.54, 1.807) is 0 Å². The molecule has 1 amide bonds. The molecule has 5 heteroatoms. The van der Waals surface area contributed by atoms with Gasteiger partial charge in [-0.25, -0.2) is 0 Å². The summed E-state index contributed by atoms with van der Waals surface area (Å²) in [5.41, 5.74) is 2.02. The van der Waals surface area contributed by atoms with Gasteiger partial charge in [0.15, 0.2) is 0 Å². The maximum Gasteiger partial charge on any atom is 0.247 e. The van der Waals surface area contributed by atoms with Crippen LogP contribution >= 0.6 is 0 Å². The largest absolute Gasteiger partial charge is 0.376 e. The Morgan fingerprint density at radius 1 is 1.42 bits per heavy atom. The minimum atomic E-state index is -0.669. The number of nitrogens with one attached hydrogen (secondary N) is 1. The van der Waals surface area contributed by atoms with Crippen molar-refractivity contribution >= 4 is 5.91 Å². The Kier molecular flexibility index (Phi) is 6.36. The summed E-state index contributed by atoms with van der Waals surface area (Å²) in [5, 5.41) is 12.0. The summed E-state index contributed by atoms with van der Waals surface area (Å²) in [5.74, 6) is -0.292. The van der Waals surface area contributed by atoms with Crippen molar-refractivity contribution in [3.63, 3.8) is 0 Å². The van der Waals surface area contributed by atoms with Crippen molar-refractivity contribution in [3.05, 3.63) is 35.4 Å². The van der Waals surface area contributed by atoms with Gasteiger partial charge in [0.25, 0.3) is 0 Å². The Labute approximate surface area is 144 Å². The number of nitrogens with zero attached hydrogens (tertiary/aromatic N) is 1. The fraction of sp³-hybridized carbons (Fsp3) is 0.579. The maximum atomic E-state index is 12.0. The Hall–Kier alpha value is -1.90. The molecule has 1 aliphatic heterocycles. The Morgan fingerprint density at radius 3 is 2.67 bits per heavy atom. The van der Waals surface area contributed by atoms with E-state index in [1.807, 2.05) is 24.3 Å². The van der Waals surface area contributed by atoms with Crippen LogP contribution in [-0.2, 0) is 19.7 Å². The van der Waals surface area contributed by atoms with Crippen LogP contribution in [0, 0.1) is 11.3 Å². The molecule has 1 heterocycles. The van der Waals surface area contributed by atoms with Gasteiger partial charge in [0, 0.05) is 6.61 Å². The molecule has 0 aliphatic carbocycles. The third-order valence-corrected chi connectivity index (χ3v) is 4.11. The minimum absolute atomic E-state index is 0.0556. The first-order valence-corrected chi connectivity index (χ1v) is 8.39. The van der Waals surface area contributed by atoms with Crippen molar-refractivity contribution in [1.82, 2.24) is 5.32 Å². The van der Waals surface area contributed by atoms with Crippen LogP contribution in [0.3, 0.4) is 0 Å². The Bertz CT molecular complexity index is 578. The second-order valence-corrected chi connectivity index (χ2v) is 7.15. The van der Waals surface area contributed by atoms with Crippen molar-refractivity contribution in [2.45, 2.75) is 51.2 Å². The van der Waals surface area contributed by atoms with E-state index >= 15 is 0 Å². The second kappa shape index (κ2) is 8.27. The van der Waals surface area contributed by atoms with Gasteiger partial charge in [-0.15, -0.1) is 0 Å². The number of ether oxygens (including phenoxy) is 2. The zero-order chi connectivity index (χ0) is 17.6. The van der Waals surface area contributed by atoms with E-state index in [2.05, 4.69) is 32.2 Å². The smallest absolute Gasteiger partial charge is 0.247 e. The van der Waals surface area contributed by atoms with E-state index < -0.39 is 6.04 Å². The van der Waals surface area contributed by atoms with Gasteiger partial charge in [-0.3, -0.25) is 4.79 Å². The number of hydrogen-bond donors (Lipinski definition) is 1. The van der Waals surface area contributed by atoms with E-state index in [9.17, 15) is 10.1 Å². The lowest BCUT2D eigenvalue weighted by molar-refractivity contribution is -0.127. The van der Waals surface area contributed by atoms with E-state index in [1.165, 1.54) is 5.56 Å². The minimum Gasteiger partial charge on any atom is -0.376 e. The standard InChI is InChI=1S/C19H26N2O3/c1-19(2,3)15-8-6-14(7-9-15)17(11-20)21-18(22)13-23-12-16-5-4-10-24-16/h6-9,16-17H,4-5,10,12-13H2,1-3H3,(H,21,22)/t16-,17+/m1/s1. The maximum absolute atomic E-state index is 12.0. The molecule has 0 unspecified atom stereocenters. The SMILES string of the molecule is CC(C)(C)c1ccc([C@H](C#N)NC(=O)COC[C@H]2CCCO2)cc1. The lowest BCUT2D eigenvalue weighted by Gasteiger charge is -2.20. The number of carbonyl (C=O) groups excluding carboxylic acids is 1. The molecule has 0 bridgehead atoms. The van der Waals surface area contributed by atoms with Gasteiger partial charge in [0.2, 0.25) is 5.91 Å². The molecule has 2 atom stereocenters. The van der Waals surface area contributed by atoms with Crippen LogP contribution < -0.4 is 5.32 Å². The highest BCUT2D eigenvalue weighted by Crippen LogP contribution is 2.23. The molecule has 1 fully saturated rings. The van der Waals surface area contributed by atoms with Gasteiger partial charge in [0.1, 0.15) is 12.6 Å².